The molecule has 2 N–H and O–H groups in total. The number of benzene rings is 1. The van der Waals surface area contributed by atoms with Crippen molar-refractivity contribution in [1.29, 1.82) is 0 Å². The fraction of sp³-hybridized carbons (Fsp3) is 0.130. The monoisotopic (exact) mass is 433 g/mol. The van der Waals surface area contributed by atoms with Crippen molar-refractivity contribution in [3.8, 4) is 21.8 Å². The third-order valence-corrected chi connectivity index (χ3v) is 5.56. The molecular formula is C23H19N3O4S. The van der Waals surface area contributed by atoms with Crippen molar-refractivity contribution in [2.45, 2.75) is 13.0 Å². The molecule has 0 saturated heterocycles. The number of aromatic carboxylic acids is 1. The summed E-state index contributed by atoms with van der Waals surface area (Å²) in [5.41, 5.74) is 2.56. The highest BCUT2D eigenvalue weighted by molar-refractivity contribution is 7.13. The number of thiazole rings is 1. The van der Waals surface area contributed by atoms with Crippen molar-refractivity contribution in [1.82, 2.24) is 15.0 Å². The molecule has 156 valence electrons. The average molecular weight is 433 g/mol. The molecule has 4 rings (SSSR count). The predicted molar refractivity (Wildman–Crippen MR) is 118 cm³/mol. The lowest BCUT2D eigenvalue weighted by molar-refractivity contribution is 0.0693. The Morgan fingerprint density at radius 3 is 2.65 bits per heavy atom. The van der Waals surface area contributed by atoms with Gasteiger partial charge in [0, 0.05) is 35.5 Å². The molecule has 0 fully saturated rings. The van der Waals surface area contributed by atoms with E-state index < -0.39 is 5.97 Å². The standard InChI is InChI=1S/C23H19N3O4S/c27-21-17(20-14-31-22(26-20)16-6-9-24-10-7-16)12-18(23(28)29)19(25-21)8-11-30-13-15-4-2-1-3-5-15/h1-7,9-10,12,14H,8,11,13H2,(H,25,27)(H,28,29). The van der Waals surface area contributed by atoms with E-state index in [4.69, 9.17) is 4.74 Å². The highest BCUT2D eigenvalue weighted by Gasteiger charge is 2.17. The zero-order chi connectivity index (χ0) is 21.6. The van der Waals surface area contributed by atoms with E-state index in [2.05, 4.69) is 15.0 Å². The first-order valence-corrected chi connectivity index (χ1v) is 10.5. The van der Waals surface area contributed by atoms with Gasteiger partial charge in [-0.1, -0.05) is 30.3 Å². The van der Waals surface area contributed by atoms with Gasteiger partial charge < -0.3 is 14.8 Å². The van der Waals surface area contributed by atoms with Crippen LogP contribution in [0.3, 0.4) is 0 Å². The van der Waals surface area contributed by atoms with Crippen LogP contribution in [0.15, 0.2) is 71.1 Å². The topological polar surface area (TPSA) is 105 Å². The second kappa shape index (κ2) is 9.46. The molecule has 0 spiro atoms. The van der Waals surface area contributed by atoms with Crippen molar-refractivity contribution in [3.63, 3.8) is 0 Å². The summed E-state index contributed by atoms with van der Waals surface area (Å²) < 4.78 is 5.63. The van der Waals surface area contributed by atoms with E-state index in [0.29, 0.717) is 18.0 Å². The highest BCUT2D eigenvalue weighted by Crippen LogP contribution is 2.27. The van der Waals surface area contributed by atoms with E-state index in [-0.39, 0.29) is 29.7 Å². The van der Waals surface area contributed by atoms with Crippen molar-refractivity contribution in [3.05, 3.63) is 93.5 Å². The van der Waals surface area contributed by atoms with E-state index in [1.807, 2.05) is 42.5 Å². The fourth-order valence-electron chi connectivity index (χ4n) is 3.11. The van der Waals surface area contributed by atoms with Crippen LogP contribution >= 0.6 is 11.3 Å². The number of H-pyrrole nitrogens is 1. The highest BCUT2D eigenvalue weighted by atomic mass is 32.1. The molecule has 0 atom stereocenters. The third-order valence-electron chi connectivity index (χ3n) is 4.67. The fourth-order valence-corrected chi connectivity index (χ4v) is 3.94. The molecule has 0 amide bonds. The number of pyridine rings is 2. The Hall–Kier alpha value is -3.62. The van der Waals surface area contributed by atoms with Crippen LogP contribution in [0.1, 0.15) is 21.6 Å². The van der Waals surface area contributed by atoms with Gasteiger partial charge in [0.2, 0.25) is 0 Å². The molecule has 7 nitrogen and oxygen atoms in total. The van der Waals surface area contributed by atoms with Crippen LogP contribution in [0.4, 0.5) is 0 Å². The summed E-state index contributed by atoms with van der Waals surface area (Å²) in [5, 5.41) is 12.1. The van der Waals surface area contributed by atoms with Crippen LogP contribution in [-0.2, 0) is 17.8 Å². The number of nitrogens with zero attached hydrogens (tertiary/aromatic N) is 2. The summed E-state index contributed by atoms with van der Waals surface area (Å²) in [7, 11) is 0. The molecule has 0 radical (unpaired) electrons. The van der Waals surface area contributed by atoms with Gasteiger partial charge in [0.05, 0.1) is 30.0 Å². The van der Waals surface area contributed by atoms with E-state index in [0.717, 1.165) is 16.1 Å². The minimum absolute atomic E-state index is 0.0383. The second-order valence-corrected chi connectivity index (χ2v) is 7.63. The van der Waals surface area contributed by atoms with Gasteiger partial charge >= 0.3 is 5.97 Å². The summed E-state index contributed by atoms with van der Waals surface area (Å²) in [5.74, 6) is -1.11. The normalized spacial score (nSPS) is 10.8. The van der Waals surface area contributed by atoms with Crippen molar-refractivity contribution in [2.75, 3.05) is 6.61 Å². The average Bonchev–Trinajstić information content (AvgIpc) is 3.28. The van der Waals surface area contributed by atoms with Crippen molar-refractivity contribution >= 4 is 17.3 Å². The molecular weight excluding hydrogens is 414 g/mol. The summed E-state index contributed by atoms with van der Waals surface area (Å²) in [6, 6.07) is 14.7. The summed E-state index contributed by atoms with van der Waals surface area (Å²) >= 11 is 1.38. The van der Waals surface area contributed by atoms with Gasteiger partial charge in [-0.25, -0.2) is 9.78 Å². The molecule has 0 aliphatic rings. The number of ether oxygens (including phenoxy) is 1. The first-order chi connectivity index (χ1) is 15.1. The lowest BCUT2D eigenvalue weighted by atomic mass is 10.1. The molecule has 3 aromatic heterocycles. The second-order valence-electron chi connectivity index (χ2n) is 6.77. The molecule has 31 heavy (non-hydrogen) atoms. The van der Waals surface area contributed by atoms with Gasteiger partial charge in [-0.3, -0.25) is 9.78 Å². The molecule has 0 bridgehead atoms. The van der Waals surface area contributed by atoms with Crippen LogP contribution in [0.2, 0.25) is 0 Å². The van der Waals surface area contributed by atoms with Crippen LogP contribution in [0.25, 0.3) is 21.8 Å². The van der Waals surface area contributed by atoms with E-state index >= 15 is 0 Å². The maximum atomic E-state index is 12.7. The SMILES string of the molecule is O=C(O)c1cc(-c2csc(-c3ccncc3)n2)c(=O)[nH]c1CCOCc1ccccc1. The van der Waals surface area contributed by atoms with Crippen LogP contribution in [0.5, 0.6) is 0 Å². The Kier molecular flexibility index (Phi) is 6.30. The molecule has 0 saturated carbocycles. The maximum Gasteiger partial charge on any atom is 0.337 e. The Balaban J connectivity index is 1.53. The Bertz CT molecular complexity index is 1240. The van der Waals surface area contributed by atoms with E-state index in [1.54, 1.807) is 17.8 Å². The minimum Gasteiger partial charge on any atom is -0.478 e. The number of aromatic amines is 1. The number of nitrogens with one attached hydrogen (secondary N) is 1. The molecule has 8 heteroatoms. The summed E-state index contributed by atoms with van der Waals surface area (Å²) in [6.45, 7) is 0.704. The predicted octanol–water partition coefficient (Wildman–Crippen LogP) is 4.02. The first kappa shape index (κ1) is 20.6. The van der Waals surface area contributed by atoms with Gasteiger partial charge in [0.1, 0.15) is 5.01 Å². The van der Waals surface area contributed by atoms with Gasteiger partial charge in [-0.15, -0.1) is 11.3 Å². The molecule has 4 aromatic rings. The van der Waals surface area contributed by atoms with Gasteiger partial charge in [-0.05, 0) is 23.8 Å². The Labute approximate surface area is 182 Å². The van der Waals surface area contributed by atoms with Gasteiger partial charge in [0.25, 0.3) is 5.56 Å². The number of aromatic nitrogens is 3. The molecule has 0 aliphatic heterocycles. The zero-order valence-electron chi connectivity index (χ0n) is 16.4. The number of carboxylic acids is 1. The Morgan fingerprint density at radius 2 is 1.90 bits per heavy atom. The van der Waals surface area contributed by atoms with E-state index in [1.165, 1.54) is 17.4 Å². The lowest BCUT2D eigenvalue weighted by Gasteiger charge is -2.09. The number of rotatable bonds is 8. The van der Waals surface area contributed by atoms with Crippen LogP contribution < -0.4 is 5.56 Å². The molecule has 3 heterocycles. The van der Waals surface area contributed by atoms with Crippen LogP contribution in [-0.4, -0.2) is 32.6 Å². The molecule has 0 aliphatic carbocycles. The number of hydrogen-bond donors (Lipinski definition) is 2. The maximum absolute atomic E-state index is 12.7. The minimum atomic E-state index is -1.11. The van der Waals surface area contributed by atoms with Crippen LogP contribution in [0, 0.1) is 0 Å². The van der Waals surface area contributed by atoms with Gasteiger partial charge in [-0.2, -0.15) is 0 Å². The summed E-state index contributed by atoms with van der Waals surface area (Å²) in [4.78, 5) is 35.7. The zero-order valence-corrected chi connectivity index (χ0v) is 17.3. The number of hydrogen-bond acceptors (Lipinski definition) is 6. The smallest absolute Gasteiger partial charge is 0.337 e. The van der Waals surface area contributed by atoms with Gasteiger partial charge in [0.15, 0.2) is 0 Å². The van der Waals surface area contributed by atoms with E-state index in [9.17, 15) is 14.7 Å². The van der Waals surface area contributed by atoms with Crippen molar-refractivity contribution < 1.29 is 14.6 Å². The quantitative estimate of drug-likeness (QED) is 0.407. The molecule has 1 aromatic carbocycles. The number of carboxylic acid groups (broad SMARTS) is 1. The van der Waals surface area contributed by atoms with Crippen molar-refractivity contribution in [2.24, 2.45) is 0 Å². The molecule has 0 unspecified atom stereocenters. The Morgan fingerprint density at radius 1 is 1.13 bits per heavy atom. The lowest BCUT2D eigenvalue weighted by Crippen LogP contribution is -2.18. The largest absolute Gasteiger partial charge is 0.478 e. The third kappa shape index (κ3) is 4.93. The number of carbonyl (C=O) groups is 1. The first-order valence-electron chi connectivity index (χ1n) is 9.59. The summed E-state index contributed by atoms with van der Waals surface area (Å²) in [6.07, 6.45) is 3.62.